The van der Waals surface area contributed by atoms with Gasteiger partial charge in [0.05, 0.1) is 11.7 Å². The van der Waals surface area contributed by atoms with Gasteiger partial charge in [-0.15, -0.1) is 0 Å². The first-order valence-electron chi connectivity index (χ1n) is 11.4. The number of amidine groups is 1. The first kappa shape index (κ1) is 27.0. The second-order valence-electron chi connectivity index (χ2n) is 8.35. The molecule has 2 heterocycles. The van der Waals surface area contributed by atoms with Crippen LogP contribution in [0.15, 0.2) is 87.5 Å². The fourth-order valence-electron chi connectivity index (χ4n) is 3.52. The Hall–Kier alpha value is -4.21. The van der Waals surface area contributed by atoms with Crippen molar-refractivity contribution in [3.63, 3.8) is 0 Å². The molecule has 2 rings (SSSR count). The summed E-state index contributed by atoms with van der Waals surface area (Å²) in [6.45, 7) is 4.46. The molecule has 1 atom stereocenters. The van der Waals surface area contributed by atoms with E-state index >= 15 is 0 Å². The number of nitrogens with zero attached hydrogens (tertiary/aromatic N) is 2. The Kier molecular flexibility index (Phi) is 9.95. The van der Waals surface area contributed by atoms with Crippen LogP contribution in [0.5, 0.6) is 0 Å². The number of nitrogens with two attached hydrogens (primary N) is 2. The highest BCUT2D eigenvalue weighted by molar-refractivity contribution is 6.08. The third kappa shape index (κ3) is 7.13. The summed E-state index contributed by atoms with van der Waals surface area (Å²) in [5.41, 5.74) is 16.0. The summed E-state index contributed by atoms with van der Waals surface area (Å²) in [4.78, 5) is 6.69. The molecule has 0 aromatic carbocycles. The molecule has 2 aliphatic heterocycles. The summed E-state index contributed by atoms with van der Waals surface area (Å²) < 4.78 is 0. The number of allylic oxidation sites excluding steroid dienone is 4. The molecule has 0 fully saturated rings. The van der Waals surface area contributed by atoms with Gasteiger partial charge in [0.2, 0.25) is 0 Å². The molecule has 0 aromatic heterocycles. The van der Waals surface area contributed by atoms with Gasteiger partial charge in [0.1, 0.15) is 17.5 Å². The van der Waals surface area contributed by atoms with E-state index in [4.69, 9.17) is 22.3 Å². The molecule has 0 aliphatic carbocycles. The summed E-state index contributed by atoms with van der Waals surface area (Å²) in [5.74, 6) is 1.79. The molecule has 10 heteroatoms. The zero-order valence-corrected chi connectivity index (χ0v) is 21.1. The minimum absolute atomic E-state index is 0.140. The second-order valence-corrected chi connectivity index (χ2v) is 8.35. The Morgan fingerprint density at radius 2 is 1.94 bits per heavy atom. The van der Waals surface area contributed by atoms with Crippen molar-refractivity contribution in [2.75, 3.05) is 27.7 Å². The molecule has 0 amide bonds. The van der Waals surface area contributed by atoms with Gasteiger partial charge in [-0.25, -0.2) is 0 Å². The monoisotopic (exact) mass is 478 g/mol. The largest absolute Gasteiger partial charge is 0.404 e. The van der Waals surface area contributed by atoms with Gasteiger partial charge in [-0.2, -0.15) is 0 Å². The molecule has 10 nitrogen and oxygen atoms in total. The Morgan fingerprint density at radius 1 is 1.23 bits per heavy atom. The van der Waals surface area contributed by atoms with Gasteiger partial charge in [-0.3, -0.25) is 10.4 Å². The topological polar surface area (TPSA) is 163 Å². The highest BCUT2D eigenvalue weighted by Crippen LogP contribution is 2.27. The molecule has 0 bridgehead atoms. The lowest BCUT2D eigenvalue weighted by Crippen LogP contribution is -2.41. The number of hydrogen-bond donors (Lipinski definition) is 8. The van der Waals surface area contributed by atoms with Gasteiger partial charge in [-0.1, -0.05) is 13.8 Å². The van der Waals surface area contributed by atoms with Gasteiger partial charge in [0.15, 0.2) is 0 Å². The van der Waals surface area contributed by atoms with Gasteiger partial charge < -0.3 is 43.0 Å². The second kappa shape index (κ2) is 12.9. The normalized spacial score (nSPS) is 18.9. The van der Waals surface area contributed by atoms with Crippen LogP contribution in [0.3, 0.4) is 0 Å². The average Bonchev–Trinajstić information content (AvgIpc) is 2.84. The number of dihydropyridines is 1. The van der Waals surface area contributed by atoms with E-state index in [1.165, 1.54) is 6.21 Å². The van der Waals surface area contributed by atoms with Gasteiger partial charge in [0, 0.05) is 69.2 Å². The molecule has 0 saturated carbocycles. The molecule has 35 heavy (non-hydrogen) atoms. The Labute approximate surface area is 208 Å². The molecule has 0 aromatic rings. The van der Waals surface area contributed by atoms with Crippen molar-refractivity contribution >= 4 is 18.3 Å². The van der Waals surface area contributed by atoms with Crippen LogP contribution in [0.4, 0.5) is 0 Å². The molecule has 0 spiro atoms. The third-order valence-electron chi connectivity index (χ3n) is 5.51. The summed E-state index contributed by atoms with van der Waals surface area (Å²) in [6, 6.07) is -0.140. The standard InChI is InChI=1S/C25H38N10/c1-16(2)18(11-27)9-23(28)34-24-7-6-21-22(35(24)5)8-19(14-32-21)20(15-31-4)25(29)33-13-17(10-26)12-30-3/h6-12,14-16,22,26,30-31,34H,13,27-28H2,1-5H3,(H2,29,33)/b17-12+,18-11+,20-15-,23-9+,26-10?. The van der Waals surface area contributed by atoms with Crippen molar-refractivity contribution in [1.29, 1.82) is 10.8 Å². The maximum atomic E-state index is 8.58. The van der Waals surface area contributed by atoms with Crippen LogP contribution in [0.1, 0.15) is 13.8 Å². The van der Waals surface area contributed by atoms with E-state index in [-0.39, 0.29) is 17.8 Å². The van der Waals surface area contributed by atoms with E-state index in [9.17, 15) is 0 Å². The maximum absolute atomic E-state index is 8.58. The molecular formula is C25H38N10. The van der Waals surface area contributed by atoms with Crippen molar-refractivity contribution in [1.82, 2.24) is 26.2 Å². The van der Waals surface area contributed by atoms with E-state index < -0.39 is 0 Å². The van der Waals surface area contributed by atoms with Crippen LogP contribution in [0.25, 0.3) is 0 Å². The van der Waals surface area contributed by atoms with Crippen LogP contribution >= 0.6 is 0 Å². The minimum atomic E-state index is -0.140. The minimum Gasteiger partial charge on any atom is -0.404 e. The lowest BCUT2D eigenvalue weighted by Gasteiger charge is -2.35. The van der Waals surface area contributed by atoms with Crippen molar-refractivity contribution in [2.45, 2.75) is 19.9 Å². The van der Waals surface area contributed by atoms with E-state index in [2.05, 4.69) is 46.2 Å². The predicted octanol–water partition coefficient (Wildman–Crippen LogP) is 1.35. The van der Waals surface area contributed by atoms with Crippen LogP contribution < -0.4 is 32.7 Å². The Morgan fingerprint density at radius 3 is 2.54 bits per heavy atom. The number of likely N-dealkylation sites (N-methyl/N-ethyl adjacent to an activating group) is 1. The molecule has 0 saturated heterocycles. The van der Waals surface area contributed by atoms with E-state index in [1.807, 2.05) is 30.2 Å². The van der Waals surface area contributed by atoms with Crippen LogP contribution in [-0.4, -0.2) is 56.9 Å². The van der Waals surface area contributed by atoms with Crippen molar-refractivity contribution in [3.05, 3.63) is 82.5 Å². The first-order valence-corrected chi connectivity index (χ1v) is 11.4. The van der Waals surface area contributed by atoms with Crippen LogP contribution in [0, 0.1) is 16.7 Å². The lowest BCUT2D eigenvalue weighted by atomic mass is 9.97. The molecule has 10 N–H and O–H groups in total. The fraction of sp³-hybridized carbons (Fsp3) is 0.320. The highest BCUT2D eigenvalue weighted by Gasteiger charge is 2.27. The van der Waals surface area contributed by atoms with E-state index in [0.717, 1.165) is 28.2 Å². The van der Waals surface area contributed by atoms with Crippen LogP contribution in [-0.2, 0) is 0 Å². The quantitative estimate of drug-likeness (QED) is 0.126. The van der Waals surface area contributed by atoms with E-state index in [1.54, 1.807) is 38.9 Å². The van der Waals surface area contributed by atoms with Crippen molar-refractivity contribution in [3.8, 4) is 0 Å². The molecule has 0 radical (unpaired) electrons. The fourth-order valence-corrected chi connectivity index (χ4v) is 3.52. The smallest absolute Gasteiger partial charge is 0.127 e. The van der Waals surface area contributed by atoms with Crippen molar-refractivity contribution in [2.24, 2.45) is 22.4 Å². The van der Waals surface area contributed by atoms with Gasteiger partial charge in [0.25, 0.3) is 0 Å². The molecule has 2 aliphatic rings. The molecule has 1 unspecified atom stereocenters. The third-order valence-corrected chi connectivity index (χ3v) is 5.51. The first-order chi connectivity index (χ1) is 16.7. The van der Waals surface area contributed by atoms with Gasteiger partial charge >= 0.3 is 0 Å². The Balaban J connectivity index is 2.23. The zero-order valence-electron chi connectivity index (χ0n) is 21.1. The number of nitrogens with one attached hydrogen (secondary N) is 6. The number of hydrogen-bond acceptors (Lipinski definition) is 9. The number of rotatable bonds is 11. The maximum Gasteiger partial charge on any atom is 0.127 e. The summed E-state index contributed by atoms with van der Waals surface area (Å²) >= 11 is 0. The van der Waals surface area contributed by atoms with Crippen LogP contribution in [0.2, 0.25) is 0 Å². The predicted molar refractivity (Wildman–Crippen MR) is 146 cm³/mol. The summed E-state index contributed by atoms with van der Waals surface area (Å²) in [5, 5.41) is 28.3. The van der Waals surface area contributed by atoms with Gasteiger partial charge in [-0.05, 0) is 42.0 Å². The number of aliphatic imine (C=N–C) groups is 1. The van der Waals surface area contributed by atoms with E-state index in [0.29, 0.717) is 17.9 Å². The molecule has 188 valence electrons. The summed E-state index contributed by atoms with van der Waals surface area (Å²) in [7, 11) is 5.52. The SMILES string of the molecule is CN/C=C(\C=N)CNC(=N)/C(=C\NC)C1=CC2C(=CC=C(N/C(N)=C/C(=C\N)C(C)C)N2C)N=C1. The lowest BCUT2D eigenvalue weighted by molar-refractivity contribution is 0.356. The zero-order chi connectivity index (χ0) is 26.0. The van der Waals surface area contributed by atoms with Crippen molar-refractivity contribution < 1.29 is 0 Å². The highest BCUT2D eigenvalue weighted by atomic mass is 15.3. The average molecular weight is 479 g/mol. The number of fused-ring (bicyclic) bond motifs is 1. The molecular weight excluding hydrogens is 440 g/mol. The summed E-state index contributed by atoms with van der Waals surface area (Å²) in [6.07, 6.45) is 15.9. The Bertz CT molecular complexity index is 1050.